The van der Waals surface area contributed by atoms with E-state index in [1.807, 2.05) is 18.3 Å². The molecule has 1 aromatic heterocycles. The number of nitrogens with zero attached hydrogens (tertiary/aromatic N) is 1. The predicted molar refractivity (Wildman–Crippen MR) is 56.8 cm³/mol. The van der Waals surface area contributed by atoms with Gasteiger partial charge in [0.2, 0.25) is 0 Å². The summed E-state index contributed by atoms with van der Waals surface area (Å²) in [6, 6.07) is 3.98. The second kappa shape index (κ2) is 4.26. The maximum atomic E-state index is 4.04. The van der Waals surface area contributed by atoms with Crippen LogP contribution in [0.2, 0.25) is 0 Å². The number of aromatic nitrogens is 1. The smallest absolute Gasteiger partial charge is 0.0526 e. The number of pyridine rings is 1. The number of nitrogens with one attached hydrogen (secondary N) is 1. The molecule has 0 amide bonds. The highest BCUT2D eigenvalue weighted by Crippen LogP contribution is 2.18. The van der Waals surface area contributed by atoms with Gasteiger partial charge in [-0.25, -0.2) is 0 Å². The fraction of sp³-hybridized carbons (Fsp3) is 0.545. The van der Waals surface area contributed by atoms with Crippen molar-refractivity contribution in [1.82, 2.24) is 4.98 Å². The third-order valence-electron chi connectivity index (χ3n) is 1.87. The molecule has 0 fully saturated rings. The normalized spacial score (nSPS) is 11.3. The molecule has 1 rings (SSSR count). The second-order valence-corrected chi connectivity index (χ2v) is 4.48. The Morgan fingerprint density at radius 1 is 1.38 bits per heavy atom. The molecule has 0 spiro atoms. The Morgan fingerprint density at radius 3 is 2.69 bits per heavy atom. The monoisotopic (exact) mass is 178 g/mol. The first kappa shape index (κ1) is 10.0. The van der Waals surface area contributed by atoms with Crippen LogP contribution in [0.25, 0.3) is 0 Å². The zero-order valence-electron chi connectivity index (χ0n) is 8.67. The highest BCUT2D eigenvalue weighted by atomic mass is 14.9. The van der Waals surface area contributed by atoms with Gasteiger partial charge in [-0.2, -0.15) is 0 Å². The van der Waals surface area contributed by atoms with Gasteiger partial charge in [-0.15, -0.1) is 0 Å². The third-order valence-corrected chi connectivity index (χ3v) is 1.87. The lowest BCUT2D eigenvalue weighted by Gasteiger charge is -2.18. The topological polar surface area (TPSA) is 24.9 Å². The van der Waals surface area contributed by atoms with Crippen LogP contribution in [-0.2, 0) is 0 Å². The molecule has 0 aliphatic heterocycles. The van der Waals surface area contributed by atoms with Crippen LogP contribution in [0.3, 0.4) is 0 Å². The number of hydrogen-bond acceptors (Lipinski definition) is 2. The molecule has 13 heavy (non-hydrogen) atoms. The van der Waals surface area contributed by atoms with Gasteiger partial charge >= 0.3 is 0 Å². The standard InChI is InChI=1S/C11H18N2/c1-11(2,3)6-8-13-10-5-4-7-12-9-10/h4-5,7,9,13H,6,8H2,1-3H3. The zero-order valence-corrected chi connectivity index (χ0v) is 8.67. The number of anilines is 1. The van der Waals surface area contributed by atoms with Crippen LogP contribution in [0.15, 0.2) is 24.5 Å². The van der Waals surface area contributed by atoms with Gasteiger partial charge in [0.05, 0.1) is 5.69 Å². The summed E-state index contributed by atoms with van der Waals surface area (Å²) in [7, 11) is 0. The largest absolute Gasteiger partial charge is 0.384 e. The van der Waals surface area contributed by atoms with Crippen LogP contribution in [0, 0.1) is 5.41 Å². The summed E-state index contributed by atoms with van der Waals surface area (Å²) in [6.45, 7) is 7.75. The van der Waals surface area contributed by atoms with Crippen molar-refractivity contribution in [3.05, 3.63) is 24.5 Å². The van der Waals surface area contributed by atoms with Gasteiger partial charge in [0.1, 0.15) is 0 Å². The van der Waals surface area contributed by atoms with E-state index in [1.165, 1.54) is 6.42 Å². The molecule has 0 aliphatic carbocycles. The number of hydrogen-bond donors (Lipinski definition) is 1. The molecule has 0 bridgehead atoms. The summed E-state index contributed by atoms with van der Waals surface area (Å²) in [4.78, 5) is 4.04. The maximum absolute atomic E-state index is 4.04. The van der Waals surface area contributed by atoms with Crippen molar-refractivity contribution in [2.75, 3.05) is 11.9 Å². The van der Waals surface area contributed by atoms with Crippen LogP contribution in [0.1, 0.15) is 27.2 Å². The van der Waals surface area contributed by atoms with E-state index in [-0.39, 0.29) is 0 Å². The van der Waals surface area contributed by atoms with Gasteiger partial charge in [-0.3, -0.25) is 4.98 Å². The fourth-order valence-electron chi connectivity index (χ4n) is 1.05. The van der Waals surface area contributed by atoms with E-state index >= 15 is 0 Å². The molecule has 0 unspecified atom stereocenters. The lowest BCUT2D eigenvalue weighted by molar-refractivity contribution is 0.390. The first-order valence-electron chi connectivity index (χ1n) is 4.72. The molecule has 2 nitrogen and oxygen atoms in total. The quantitative estimate of drug-likeness (QED) is 0.769. The minimum absolute atomic E-state index is 0.398. The van der Waals surface area contributed by atoms with E-state index in [0.717, 1.165) is 12.2 Å². The van der Waals surface area contributed by atoms with Gasteiger partial charge in [0.25, 0.3) is 0 Å². The van der Waals surface area contributed by atoms with Crippen molar-refractivity contribution >= 4 is 5.69 Å². The third kappa shape index (κ3) is 4.51. The van der Waals surface area contributed by atoms with Crippen molar-refractivity contribution in [3.63, 3.8) is 0 Å². The average molecular weight is 178 g/mol. The Labute approximate surface area is 80.4 Å². The maximum Gasteiger partial charge on any atom is 0.0526 e. The molecule has 0 radical (unpaired) electrons. The Bertz CT molecular complexity index is 236. The molecule has 0 atom stereocenters. The van der Waals surface area contributed by atoms with E-state index in [4.69, 9.17) is 0 Å². The number of rotatable bonds is 3. The lowest BCUT2D eigenvalue weighted by atomic mass is 9.92. The molecule has 72 valence electrons. The molecular weight excluding hydrogens is 160 g/mol. The van der Waals surface area contributed by atoms with Crippen molar-refractivity contribution in [2.45, 2.75) is 27.2 Å². The Kier molecular flexibility index (Phi) is 3.29. The second-order valence-electron chi connectivity index (χ2n) is 4.48. The van der Waals surface area contributed by atoms with Crippen molar-refractivity contribution in [1.29, 1.82) is 0 Å². The van der Waals surface area contributed by atoms with Crippen molar-refractivity contribution in [2.24, 2.45) is 5.41 Å². The van der Waals surface area contributed by atoms with Crippen LogP contribution in [-0.4, -0.2) is 11.5 Å². The summed E-state index contributed by atoms with van der Waals surface area (Å²) >= 11 is 0. The summed E-state index contributed by atoms with van der Waals surface area (Å²) < 4.78 is 0. The minimum atomic E-state index is 0.398. The highest BCUT2D eigenvalue weighted by molar-refractivity contribution is 5.39. The SMILES string of the molecule is CC(C)(C)CCNc1cccnc1. The molecular formula is C11H18N2. The molecule has 0 saturated carbocycles. The lowest BCUT2D eigenvalue weighted by Crippen LogP contribution is -2.12. The van der Waals surface area contributed by atoms with Gasteiger partial charge in [0, 0.05) is 18.9 Å². The Balaban J connectivity index is 2.29. The van der Waals surface area contributed by atoms with Gasteiger partial charge < -0.3 is 5.32 Å². The summed E-state index contributed by atoms with van der Waals surface area (Å²) in [5, 5.41) is 3.34. The van der Waals surface area contributed by atoms with Gasteiger partial charge in [0.15, 0.2) is 0 Å². The average Bonchev–Trinajstić information content (AvgIpc) is 2.04. The predicted octanol–water partition coefficient (Wildman–Crippen LogP) is 2.93. The van der Waals surface area contributed by atoms with Crippen molar-refractivity contribution < 1.29 is 0 Å². The summed E-state index contributed by atoms with van der Waals surface area (Å²) in [5.41, 5.74) is 1.50. The highest BCUT2D eigenvalue weighted by Gasteiger charge is 2.08. The Morgan fingerprint density at radius 2 is 2.15 bits per heavy atom. The van der Waals surface area contributed by atoms with Gasteiger partial charge in [-0.1, -0.05) is 20.8 Å². The first-order chi connectivity index (χ1) is 6.08. The van der Waals surface area contributed by atoms with Crippen molar-refractivity contribution in [3.8, 4) is 0 Å². The van der Waals surface area contributed by atoms with E-state index in [2.05, 4.69) is 31.1 Å². The Hall–Kier alpha value is -1.05. The molecule has 0 aromatic carbocycles. The van der Waals surface area contributed by atoms with Crippen LogP contribution >= 0.6 is 0 Å². The molecule has 2 heteroatoms. The minimum Gasteiger partial charge on any atom is -0.384 e. The molecule has 1 N–H and O–H groups in total. The summed E-state index contributed by atoms with van der Waals surface area (Å²) in [5.74, 6) is 0. The zero-order chi connectivity index (χ0) is 9.73. The van der Waals surface area contributed by atoms with E-state index < -0.39 is 0 Å². The van der Waals surface area contributed by atoms with Crippen LogP contribution < -0.4 is 5.32 Å². The summed E-state index contributed by atoms with van der Waals surface area (Å²) in [6.07, 6.45) is 4.81. The van der Waals surface area contributed by atoms with E-state index in [9.17, 15) is 0 Å². The molecule has 1 aromatic rings. The first-order valence-corrected chi connectivity index (χ1v) is 4.72. The van der Waals surface area contributed by atoms with Crippen LogP contribution in [0.5, 0.6) is 0 Å². The van der Waals surface area contributed by atoms with E-state index in [0.29, 0.717) is 5.41 Å². The van der Waals surface area contributed by atoms with Crippen LogP contribution in [0.4, 0.5) is 5.69 Å². The van der Waals surface area contributed by atoms with E-state index in [1.54, 1.807) is 6.20 Å². The molecule has 0 saturated heterocycles. The molecule has 1 heterocycles. The fourth-order valence-corrected chi connectivity index (χ4v) is 1.05. The molecule has 0 aliphatic rings. The van der Waals surface area contributed by atoms with Gasteiger partial charge in [-0.05, 0) is 24.0 Å².